The Hall–Kier alpha value is -3.02. The summed E-state index contributed by atoms with van der Waals surface area (Å²) in [5, 5.41) is 15.1. The molecule has 6 nitrogen and oxygen atoms in total. The van der Waals surface area contributed by atoms with Gasteiger partial charge in [0.15, 0.2) is 6.10 Å². The maximum Gasteiger partial charge on any atom is 0.265 e. The maximum absolute atomic E-state index is 12.1. The van der Waals surface area contributed by atoms with Crippen molar-refractivity contribution < 1.29 is 19.4 Å². The van der Waals surface area contributed by atoms with Crippen LogP contribution in [0.15, 0.2) is 42.5 Å². The Kier molecular flexibility index (Phi) is 3.42. The van der Waals surface area contributed by atoms with Crippen molar-refractivity contribution in [3.8, 4) is 11.5 Å². The second-order valence-electron chi connectivity index (χ2n) is 4.93. The van der Waals surface area contributed by atoms with Crippen LogP contribution in [0.2, 0.25) is 0 Å². The highest BCUT2D eigenvalue weighted by molar-refractivity contribution is 6.06. The van der Waals surface area contributed by atoms with Crippen molar-refractivity contribution in [2.24, 2.45) is 0 Å². The number of benzene rings is 2. The Morgan fingerprint density at radius 2 is 2.05 bits per heavy atom. The van der Waals surface area contributed by atoms with E-state index in [9.17, 15) is 14.7 Å². The molecule has 6 heteroatoms. The van der Waals surface area contributed by atoms with Gasteiger partial charge in [-0.2, -0.15) is 0 Å². The van der Waals surface area contributed by atoms with Gasteiger partial charge in [0.05, 0.1) is 11.3 Å². The summed E-state index contributed by atoms with van der Waals surface area (Å²) < 4.78 is 5.44. The van der Waals surface area contributed by atoms with E-state index >= 15 is 0 Å². The Balaban J connectivity index is 1.82. The summed E-state index contributed by atoms with van der Waals surface area (Å²) in [5.74, 6) is -0.220. The van der Waals surface area contributed by atoms with Gasteiger partial charge < -0.3 is 20.5 Å². The van der Waals surface area contributed by atoms with Crippen LogP contribution < -0.4 is 15.4 Å². The van der Waals surface area contributed by atoms with Crippen LogP contribution in [-0.2, 0) is 4.79 Å². The Bertz CT molecular complexity index is 758. The van der Waals surface area contributed by atoms with Crippen LogP contribution in [0.1, 0.15) is 17.3 Å². The number of amides is 2. The number of para-hydroxylation sites is 1. The van der Waals surface area contributed by atoms with E-state index in [4.69, 9.17) is 4.74 Å². The van der Waals surface area contributed by atoms with Crippen molar-refractivity contribution in [2.45, 2.75) is 13.0 Å². The number of hydrogen-bond acceptors (Lipinski definition) is 4. The molecule has 22 heavy (non-hydrogen) atoms. The van der Waals surface area contributed by atoms with Crippen molar-refractivity contribution in [3.05, 3.63) is 48.0 Å². The summed E-state index contributed by atoms with van der Waals surface area (Å²) in [5.41, 5.74) is 1.16. The predicted molar refractivity (Wildman–Crippen MR) is 81.2 cm³/mol. The van der Waals surface area contributed by atoms with Gasteiger partial charge in [0, 0.05) is 5.69 Å². The number of carbonyl (C=O) groups is 2. The lowest BCUT2D eigenvalue weighted by Crippen LogP contribution is -2.34. The number of fused-ring (bicyclic) bond motifs is 1. The smallest absolute Gasteiger partial charge is 0.265 e. The zero-order chi connectivity index (χ0) is 15.7. The van der Waals surface area contributed by atoms with E-state index in [0.29, 0.717) is 17.1 Å². The fourth-order valence-corrected chi connectivity index (χ4v) is 2.15. The van der Waals surface area contributed by atoms with E-state index in [1.54, 1.807) is 37.3 Å². The standard InChI is InChI=1S/C16H14N2O4/c1-9-15(20)18-12-8-10(6-7-14(12)22-9)17-16(21)11-4-2-3-5-13(11)19/h2-9,19H,1H3,(H,17,21)(H,18,20). The summed E-state index contributed by atoms with van der Waals surface area (Å²) in [6.45, 7) is 1.66. The molecule has 1 heterocycles. The van der Waals surface area contributed by atoms with Crippen molar-refractivity contribution in [2.75, 3.05) is 10.6 Å². The second-order valence-corrected chi connectivity index (χ2v) is 4.93. The van der Waals surface area contributed by atoms with Gasteiger partial charge in [-0.15, -0.1) is 0 Å². The van der Waals surface area contributed by atoms with Gasteiger partial charge in [-0.25, -0.2) is 0 Å². The van der Waals surface area contributed by atoms with Crippen molar-refractivity contribution in [1.82, 2.24) is 0 Å². The lowest BCUT2D eigenvalue weighted by molar-refractivity contribution is -0.122. The monoisotopic (exact) mass is 298 g/mol. The van der Waals surface area contributed by atoms with Crippen LogP contribution in [0.4, 0.5) is 11.4 Å². The lowest BCUT2D eigenvalue weighted by atomic mass is 10.1. The molecule has 0 aromatic heterocycles. The number of rotatable bonds is 2. The van der Waals surface area contributed by atoms with Gasteiger partial charge in [0.25, 0.3) is 11.8 Å². The van der Waals surface area contributed by atoms with Crippen LogP contribution >= 0.6 is 0 Å². The van der Waals surface area contributed by atoms with E-state index < -0.39 is 12.0 Å². The highest BCUT2D eigenvalue weighted by atomic mass is 16.5. The molecule has 3 N–H and O–H groups in total. The average Bonchev–Trinajstić information content (AvgIpc) is 2.49. The Morgan fingerprint density at radius 3 is 2.82 bits per heavy atom. The van der Waals surface area contributed by atoms with Gasteiger partial charge in [-0.1, -0.05) is 12.1 Å². The minimum Gasteiger partial charge on any atom is -0.507 e. The summed E-state index contributed by atoms with van der Waals surface area (Å²) >= 11 is 0. The predicted octanol–water partition coefficient (Wildman–Crippen LogP) is 2.36. The van der Waals surface area contributed by atoms with Crippen LogP contribution in [0.3, 0.4) is 0 Å². The van der Waals surface area contributed by atoms with E-state index in [1.807, 2.05) is 0 Å². The normalized spacial score (nSPS) is 16.2. The fraction of sp³-hybridized carbons (Fsp3) is 0.125. The topological polar surface area (TPSA) is 87.7 Å². The van der Waals surface area contributed by atoms with Crippen LogP contribution in [-0.4, -0.2) is 23.0 Å². The van der Waals surface area contributed by atoms with Crippen molar-refractivity contribution in [3.63, 3.8) is 0 Å². The molecule has 0 spiro atoms. The van der Waals surface area contributed by atoms with Gasteiger partial charge in [0.2, 0.25) is 0 Å². The Labute approximate surface area is 126 Å². The quantitative estimate of drug-likeness (QED) is 0.794. The average molecular weight is 298 g/mol. The zero-order valence-corrected chi connectivity index (χ0v) is 11.8. The van der Waals surface area contributed by atoms with Crippen LogP contribution in [0.25, 0.3) is 0 Å². The van der Waals surface area contributed by atoms with Gasteiger partial charge in [-0.05, 0) is 37.3 Å². The largest absolute Gasteiger partial charge is 0.507 e. The molecule has 1 atom stereocenters. The second kappa shape index (κ2) is 5.40. The van der Waals surface area contributed by atoms with E-state index in [0.717, 1.165) is 0 Å². The number of nitrogens with one attached hydrogen (secondary N) is 2. The molecule has 2 amide bonds. The number of hydrogen-bond donors (Lipinski definition) is 3. The number of phenolic OH excluding ortho intramolecular Hbond substituents is 1. The fourth-order valence-electron chi connectivity index (χ4n) is 2.15. The summed E-state index contributed by atoms with van der Waals surface area (Å²) in [4.78, 5) is 23.7. The molecule has 0 fully saturated rings. The minimum absolute atomic E-state index is 0.0941. The highest BCUT2D eigenvalue weighted by Gasteiger charge is 2.23. The van der Waals surface area contributed by atoms with Crippen LogP contribution in [0, 0.1) is 0 Å². The zero-order valence-electron chi connectivity index (χ0n) is 11.8. The summed E-state index contributed by atoms with van der Waals surface area (Å²) in [6, 6.07) is 11.2. The van der Waals surface area contributed by atoms with Gasteiger partial charge >= 0.3 is 0 Å². The molecular formula is C16H14N2O4. The maximum atomic E-state index is 12.1. The third-order valence-corrected chi connectivity index (χ3v) is 3.32. The highest BCUT2D eigenvalue weighted by Crippen LogP contribution is 2.32. The van der Waals surface area contributed by atoms with E-state index in [-0.39, 0.29) is 17.2 Å². The number of phenols is 1. The first-order valence-electron chi connectivity index (χ1n) is 6.75. The number of carbonyl (C=O) groups excluding carboxylic acids is 2. The van der Waals surface area contributed by atoms with Gasteiger partial charge in [-0.3, -0.25) is 9.59 Å². The molecule has 0 aliphatic carbocycles. The first-order valence-corrected chi connectivity index (χ1v) is 6.75. The molecule has 0 saturated heterocycles. The van der Waals surface area contributed by atoms with Crippen molar-refractivity contribution >= 4 is 23.2 Å². The summed E-state index contributed by atoms with van der Waals surface area (Å²) in [7, 11) is 0. The Morgan fingerprint density at radius 1 is 1.27 bits per heavy atom. The van der Waals surface area contributed by atoms with E-state index in [2.05, 4.69) is 10.6 Å². The molecule has 1 unspecified atom stereocenters. The lowest BCUT2D eigenvalue weighted by Gasteiger charge is -2.23. The molecule has 1 aliphatic rings. The molecule has 1 aliphatic heterocycles. The van der Waals surface area contributed by atoms with Crippen molar-refractivity contribution in [1.29, 1.82) is 0 Å². The first-order chi connectivity index (χ1) is 10.5. The summed E-state index contributed by atoms with van der Waals surface area (Å²) in [6.07, 6.45) is -0.547. The molecule has 112 valence electrons. The molecule has 2 aromatic rings. The number of ether oxygens (including phenoxy) is 1. The molecule has 2 aromatic carbocycles. The third kappa shape index (κ3) is 2.58. The number of anilines is 2. The SMILES string of the molecule is CC1Oc2ccc(NC(=O)c3ccccc3O)cc2NC1=O. The molecule has 3 rings (SSSR count). The van der Waals surface area contributed by atoms with Gasteiger partial charge in [0.1, 0.15) is 11.5 Å². The molecular weight excluding hydrogens is 284 g/mol. The van der Waals surface area contributed by atoms with E-state index in [1.165, 1.54) is 12.1 Å². The molecule has 0 saturated carbocycles. The van der Waals surface area contributed by atoms with Crippen LogP contribution in [0.5, 0.6) is 11.5 Å². The number of aromatic hydroxyl groups is 1. The minimum atomic E-state index is -0.547. The molecule has 0 radical (unpaired) electrons. The third-order valence-electron chi connectivity index (χ3n) is 3.32. The molecule has 0 bridgehead atoms. The first kappa shape index (κ1) is 13.9.